The average Bonchev–Trinajstić information content (AvgIpc) is 2.33. The number of benzene rings is 1. The predicted molar refractivity (Wildman–Crippen MR) is 73.4 cm³/mol. The minimum absolute atomic E-state index is 0.746. The number of anilines is 2. The normalized spacial score (nSPS) is 16.5. The number of nitrogens with zero attached hydrogens (tertiary/aromatic N) is 1. The van der Waals surface area contributed by atoms with Crippen LogP contribution >= 0.6 is 12.6 Å². The summed E-state index contributed by atoms with van der Waals surface area (Å²) in [6, 6.07) is 4.10. The van der Waals surface area contributed by atoms with E-state index in [2.05, 4.69) is 35.8 Å². The SMILES string of the molecule is Cc1c(CS)cc(N)cc1N1CCNCC1. The van der Waals surface area contributed by atoms with E-state index in [0.717, 1.165) is 37.6 Å². The monoisotopic (exact) mass is 237 g/mol. The fourth-order valence-corrected chi connectivity index (χ4v) is 2.51. The van der Waals surface area contributed by atoms with Crippen LogP contribution in [-0.4, -0.2) is 26.2 Å². The van der Waals surface area contributed by atoms with Crippen molar-refractivity contribution in [2.75, 3.05) is 36.8 Å². The highest BCUT2D eigenvalue weighted by atomic mass is 32.1. The summed E-state index contributed by atoms with van der Waals surface area (Å²) in [5.74, 6) is 0.746. The Bertz CT molecular complexity index is 373. The van der Waals surface area contributed by atoms with Gasteiger partial charge in [0.25, 0.3) is 0 Å². The van der Waals surface area contributed by atoms with Gasteiger partial charge in [0.15, 0.2) is 0 Å². The van der Waals surface area contributed by atoms with Crippen molar-refractivity contribution in [2.45, 2.75) is 12.7 Å². The molecule has 1 fully saturated rings. The van der Waals surface area contributed by atoms with Crippen LogP contribution in [0, 0.1) is 6.92 Å². The van der Waals surface area contributed by atoms with E-state index in [1.165, 1.54) is 16.8 Å². The van der Waals surface area contributed by atoms with Gasteiger partial charge in [0.2, 0.25) is 0 Å². The third kappa shape index (κ3) is 2.28. The minimum atomic E-state index is 0.746. The van der Waals surface area contributed by atoms with Gasteiger partial charge in [0.1, 0.15) is 0 Å². The average molecular weight is 237 g/mol. The summed E-state index contributed by atoms with van der Waals surface area (Å²) < 4.78 is 0. The largest absolute Gasteiger partial charge is 0.399 e. The number of hydrogen-bond donors (Lipinski definition) is 3. The molecular formula is C12H19N3S. The first-order valence-corrected chi connectivity index (χ1v) is 6.31. The van der Waals surface area contributed by atoms with Crippen molar-refractivity contribution in [1.82, 2.24) is 5.32 Å². The van der Waals surface area contributed by atoms with Gasteiger partial charge in [0, 0.05) is 43.3 Å². The van der Waals surface area contributed by atoms with Crippen molar-refractivity contribution in [3.63, 3.8) is 0 Å². The Hall–Kier alpha value is -0.870. The molecule has 88 valence electrons. The molecule has 0 bridgehead atoms. The van der Waals surface area contributed by atoms with E-state index in [1.54, 1.807) is 0 Å². The van der Waals surface area contributed by atoms with Crippen LogP contribution in [0.2, 0.25) is 0 Å². The number of rotatable bonds is 2. The van der Waals surface area contributed by atoms with Crippen molar-refractivity contribution >= 4 is 24.0 Å². The van der Waals surface area contributed by atoms with E-state index in [0.29, 0.717) is 0 Å². The van der Waals surface area contributed by atoms with Crippen LogP contribution in [0.15, 0.2) is 12.1 Å². The first-order valence-electron chi connectivity index (χ1n) is 5.68. The third-order valence-corrected chi connectivity index (χ3v) is 3.48. The molecule has 0 aliphatic carbocycles. The van der Waals surface area contributed by atoms with E-state index >= 15 is 0 Å². The van der Waals surface area contributed by atoms with E-state index < -0.39 is 0 Å². The lowest BCUT2D eigenvalue weighted by molar-refractivity contribution is 0.588. The number of hydrogen-bond acceptors (Lipinski definition) is 4. The van der Waals surface area contributed by atoms with Gasteiger partial charge in [-0.25, -0.2) is 0 Å². The second kappa shape index (κ2) is 4.97. The van der Waals surface area contributed by atoms with Crippen LogP contribution in [-0.2, 0) is 5.75 Å². The van der Waals surface area contributed by atoms with E-state index in [-0.39, 0.29) is 0 Å². The second-order valence-corrected chi connectivity index (χ2v) is 4.54. The summed E-state index contributed by atoms with van der Waals surface area (Å²) in [7, 11) is 0. The molecule has 1 aromatic rings. The lowest BCUT2D eigenvalue weighted by Crippen LogP contribution is -2.43. The lowest BCUT2D eigenvalue weighted by Gasteiger charge is -2.31. The van der Waals surface area contributed by atoms with Gasteiger partial charge < -0.3 is 16.0 Å². The molecule has 3 N–H and O–H groups in total. The molecule has 0 saturated carbocycles. The summed E-state index contributed by atoms with van der Waals surface area (Å²) >= 11 is 4.35. The molecule has 1 aromatic carbocycles. The maximum Gasteiger partial charge on any atom is 0.0420 e. The van der Waals surface area contributed by atoms with Crippen molar-refractivity contribution < 1.29 is 0 Å². The molecule has 0 amide bonds. The topological polar surface area (TPSA) is 41.3 Å². The van der Waals surface area contributed by atoms with Crippen molar-refractivity contribution in [3.8, 4) is 0 Å². The van der Waals surface area contributed by atoms with Gasteiger partial charge in [0.05, 0.1) is 0 Å². The Balaban J connectivity index is 2.34. The quantitative estimate of drug-likeness (QED) is 0.538. The van der Waals surface area contributed by atoms with Gasteiger partial charge >= 0.3 is 0 Å². The number of nitrogens with one attached hydrogen (secondary N) is 1. The Morgan fingerprint density at radius 3 is 2.69 bits per heavy atom. The number of piperazine rings is 1. The zero-order chi connectivity index (χ0) is 11.5. The van der Waals surface area contributed by atoms with Gasteiger partial charge in [-0.2, -0.15) is 12.6 Å². The Labute approximate surface area is 102 Å². The van der Waals surface area contributed by atoms with Gasteiger partial charge in [-0.05, 0) is 30.2 Å². The molecule has 4 heteroatoms. The fourth-order valence-electron chi connectivity index (χ4n) is 2.18. The third-order valence-electron chi connectivity index (χ3n) is 3.14. The molecule has 3 nitrogen and oxygen atoms in total. The molecule has 1 aliphatic rings. The highest BCUT2D eigenvalue weighted by molar-refractivity contribution is 7.79. The molecule has 1 aliphatic heterocycles. The van der Waals surface area contributed by atoms with Gasteiger partial charge in [-0.1, -0.05) is 0 Å². The Kier molecular flexibility index (Phi) is 3.61. The number of nitrogen functional groups attached to an aromatic ring is 1. The maximum absolute atomic E-state index is 5.93. The van der Waals surface area contributed by atoms with Crippen LogP contribution in [0.5, 0.6) is 0 Å². The van der Waals surface area contributed by atoms with E-state index in [9.17, 15) is 0 Å². The Morgan fingerprint density at radius 2 is 2.06 bits per heavy atom. The molecule has 0 spiro atoms. The molecule has 1 saturated heterocycles. The number of nitrogens with two attached hydrogens (primary N) is 1. The smallest absolute Gasteiger partial charge is 0.0420 e. The maximum atomic E-state index is 5.93. The molecule has 16 heavy (non-hydrogen) atoms. The first kappa shape index (κ1) is 11.6. The van der Waals surface area contributed by atoms with Crippen molar-refractivity contribution in [1.29, 1.82) is 0 Å². The molecule has 0 atom stereocenters. The fraction of sp³-hybridized carbons (Fsp3) is 0.500. The molecular weight excluding hydrogens is 218 g/mol. The summed E-state index contributed by atoms with van der Waals surface area (Å²) in [5.41, 5.74) is 10.6. The highest BCUT2D eigenvalue weighted by Crippen LogP contribution is 2.27. The Morgan fingerprint density at radius 1 is 1.38 bits per heavy atom. The summed E-state index contributed by atoms with van der Waals surface area (Å²) in [6.07, 6.45) is 0. The molecule has 1 heterocycles. The zero-order valence-corrected chi connectivity index (χ0v) is 10.6. The van der Waals surface area contributed by atoms with E-state index in [4.69, 9.17) is 5.73 Å². The first-order chi connectivity index (χ1) is 7.72. The van der Waals surface area contributed by atoms with Gasteiger partial charge in [-0.3, -0.25) is 0 Å². The summed E-state index contributed by atoms with van der Waals surface area (Å²) in [6.45, 7) is 6.35. The highest BCUT2D eigenvalue weighted by Gasteiger charge is 2.14. The van der Waals surface area contributed by atoms with Gasteiger partial charge in [-0.15, -0.1) is 0 Å². The standard InChI is InChI=1S/C12H19N3S/c1-9-10(8-16)6-11(13)7-12(9)15-4-2-14-3-5-15/h6-7,14,16H,2-5,8,13H2,1H3. The minimum Gasteiger partial charge on any atom is -0.399 e. The predicted octanol–water partition coefficient (Wildman–Crippen LogP) is 1.42. The summed E-state index contributed by atoms with van der Waals surface area (Å²) in [4.78, 5) is 2.40. The lowest BCUT2D eigenvalue weighted by atomic mass is 10.1. The van der Waals surface area contributed by atoms with Crippen LogP contribution in [0.4, 0.5) is 11.4 Å². The molecule has 2 rings (SSSR count). The van der Waals surface area contributed by atoms with Crippen molar-refractivity contribution in [3.05, 3.63) is 23.3 Å². The molecule has 0 radical (unpaired) electrons. The van der Waals surface area contributed by atoms with Crippen LogP contribution < -0.4 is 16.0 Å². The zero-order valence-electron chi connectivity index (χ0n) is 9.66. The van der Waals surface area contributed by atoms with Crippen LogP contribution in [0.1, 0.15) is 11.1 Å². The second-order valence-electron chi connectivity index (χ2n) is 4.22. The van der Waals surface area contributed by atoms with Crippen molar-refractivity contribution in [2.24, 2.45) is 0 Å². The van der Waals surface area contributed by atoms with E-state index in [1.807, 2.05) is 6.07 Å². The molecule has 0 unspecified atom stereocenters. The van der Waals surface area contributed by atoms with Crippen LogP contribution in [0.3, 0.4) is 0 Å². The van der Waals surface area contributed by atoms with Crippen LogP contribution in [0.25, 0.3) is 0 Å². The summed E-state index contributed by atoms with van der Waals surface area (Å²) in [5, 5.41) is 3.36. The number of thiol groups is 1. The molecule has 0 aromatic heterocycles.